The van der Waals surface area contributed by atoms with Crippen LogP contribution in [0.15, 0.2) is 30.3 Å². The Bertz CT molecular complexity index is 473. The molecule has 0 aromatic heterocycles. The number of carbonyl (C=O) groups is 2. The van der Waals surface area contributed by atoms with Crippen LogP contribution >= 0.6 is 0 Å². The number of anilines is 1. The molecule has 20 heavy (non-hydrogen) atoms. The van der Waals surface area contributed by atoms with Crippen molar-refractivity contribution >= 4 is 17.5 Å². The van der Waals surface area contributed by atoms with E-state index in [0.29, 0.717) is 13.0 Å². The van der Waals surface area contributed by atoms with Crippen LogP contribution in [0.3, 0.4) is 0 Å². The van der Waals surface area contributed by atoms with Crippen LogP contribution in [-0.2, 0) is 9.59 Å². The zero-order valence-electron chi connectivity index (χ0n) is 12.2. The van der Waals surface area contributed by atoms with Crippen molar-refractivity contribution in [3.63, 3.8) is 0 Å². The predicted molar refractivity (Wildman–Crippen MR) is 79.4 cm³/mol. The van der Waals surface area contributed by atoms with Crippen LogP contribution in [0.4, 0.5) is 5.69 Å². The third kappa shape index (κ3) is 3.18. The highest BCUT2D eigenvalue weighted by molar-refractivity contribution is 5.98. The normalized spacial score (nSPS) is 18.4. The molecule has 2 amide bonds. The van der Waals surface area contributed by atoms with E-state index in [1.54, 1.807) is 11.9 Å². The van der Waals surface area contributed by atoms with Gasteiger partial charge >= 0.3 is 0 Å². The fraction of sp³-hybridized carbons (Fsp3) is 0.500. The molecule has 1 aromatic carbocycles. The first-order valence-electron chi connectivity index (χ1n) is 7.24. The molecule has 0 N–H and O–H groups in total. The maximum absolute atomic E-state index is 12.5. The Labute approximate surface area is 120 Å². The molecule has 1 atom stereocenters. The number of rotatable bonds is 5. The summed E-state index contributed by atoms with van der Waals surface area (Å²) in [6.45, 7) is 3.44. The van der Waals surface area contributed by atoms with Crippen molar-refractivity contribution < 1.29 is 9.59 Å². The number of amides is 2. The van der Waals surface area contributed by atoms with Crippen LogP contribution in [0.25, 0.3) is 0 Å². The Morgan fingerprint density at radius 2 is 2.05 bits per heavy atom. The molecule has 0 saturated carbocycles. The average Bonchev–Trinajstić information content (AvgIpc) is 2.85. The lowest BCUT2D eigenvalue weighted by Crippen LogP contribution is -2.34. The van der Waals surface area contributed by atoms with Gasteiger partial charge in [-0.05, 0) is 18.6 Å². The summed E-state index contributed by atoms with van der Waals surface area (Å²) in [6.07, 6.45) is 2.41. The third-order valence-electron chi connectivity index (χ3n) is 3.82. The highest BCUT2D eigenvalue weighted by atomic mass is 16.2. The second-order valence-corrected chi connectivity index (χ2v) is 5.33. The number of unbranched alkanes of at least 4 members (excludes halogenated alkanes) is 1. The van der Waals surface area contributed by atoms with Crippen LogP contribution in [0, 0.1) is 5.92 Å². The van der Waals surface area contributed by atoms with Gasteiger partial charge in [0.1, 0.15) is 0 Å². The lowest BCUT2D eigenvalue weighted by atomic mass is 10.1. The SMILES string of the molecule is CCCCN1C[C@H](C(=O)N(C)c2ccccc2)CC1=O. The minimum absolute atomic E-state index is 0.0311. The Morgan fingerprint density at radius 1 is 1.35 bits per heavy atom. The summed E-state index contributed by atoms with van der Waals surface area (Å²) in [6, 6.07) is 9.55. The van der Waals surface area contributed by atoms with E-state index in [1.165, 1.54) is 0 Å². The molecule has 1 aliphatic rings. The Hall–Kier alpha value is -1.84. The zero-order chi connectivity index (χ0) is 14.5. The minimum atomic E-state index is -0.204. The maximum Gasteiger partial charge on any atom is 0.232 e. The van der Waals surface area contributed by atoms with Crippen molar-refractivity contribution in [1.82, 2.24) is 4.90 Å². The number of para-hydroxylation sites is 1. The Morgan fingerprint density at radius 3 is 2.70 bits per heavy atom. The van der Waals surface area contributed by atoms with Gasteiger partial charge in [0.15, 0.2) is 0 Å². The third-order valence-corrected chi connectivity index (χ3v) is 3.82. The lowest BCUT2D eigenvalue weighted by Gasteiger charge is -2.21. The van der Waals surface area contributed by atoms with Gasteiger partial charge in [0.05, 0.1) is 5.92 Å². The van der Waals surface area contributed by atoms with Gasteiger partial charge in [0.25, 0.3) is 0 Å². The van der Waals surface area contributed by atoms with Crippen molar-refractivity contribution in [3.05, 3.63) is 30.3 Å². The molecule has 1 heterocycles. The van der Waals surface area contributed by atoms with Gasteiger partial charge in [-0.25, -0.2) is 0 Å². The van der Waals surface area contributed by atoms with Crippen LogP contribution in [0.2, 0.25) is 0 Å². The van der Waals surface area contributed by atoms with Gasteiger partial charge in [-0.15, -0.1) is 0 Å². The first-order valence-corrected chi connectivity index (χ1v) is 7.24. The molecule has 2 rings (SSSR count). The summed E-state index contributed by atoms with van der Waals surface area (Å²) < 4.78 is 0. The highest BCUT2D eigenvalue weighted by Gasteiger charge is 2.35. The van der Waals surface area contributed by atoms with E-state index in [1.807, 2.05) is 35.2 Å². The molecule has 1 aromatic rings. The topological polar surface area (TPSA) is 40.6 Å². The van der Waals surface area contributed by atoms with Crippen LogP contribution in [0.1, 0.15) is 26.2 Å². The van der Waals surface area contributed by atoms with Crippen molar-refractivity contribution in [1.29, 1.82) is 0 Å². The molecule has 0 spiro atoms. The van der Waals surface area contributed by atoms with Crippen molar-refractivity contribution in [2.45, 2.75) is 26.2 Å². The molecular formula is C16H22N2O2. The fourth-order valence-corrected chi connectivity index (χ4v) is 2.56. The number of nitrogens with zero attached hydrogens (tertiary/aromatic N) is 2. The van der Waals surface area contributed by atoms with E-state index in [4.69, 9.17) is 0 Å². The van der Waals surface area contributed by atoms with Crippen molar-refractivity contribution in [2.75, 3.05) is 25.0 Å². The van der Waals surface area contributed by atoms with E-state index < -0.39 is 0 Å². The van der Waals surface area contributed by atoms with Gasteiger partial charge in [-0.1, -0.05) is 31.5 Å². The molecule has 0 radical (unpaired) electrons. The summed E-state index contributed by atoms with van der Waals surface area (Å²) in [5.74, 6) is -0.0635. The highest BCUT2D eigenvalue weighted by Crippen LogP contribution is 2.22. The molecule has 0 bridgehead atoms. The molecule has 4 nitrogen and oxygen atoms in total. The molecular weight excluding hydrogens is 252 g/mol. The summed E-state index contributed by atoms with van der Waals surface area (Å²) in [7, 11) is 1.77. The van der Waals surface area contributed by atoms with E-state index in [0.717, 1.165) is 25.1 Å². The minimum Gasteiger partial charge on any atom is -0.342 e. The molecule has 4 heteroatoms. The number of hydrogen-bond donors (Lipinski definition) is 0. The van der Waals surface area contributed by atoms with Gasteiger partial charge in [-0.2, -0.15) is 0 Å². The molecule has 108 valence electrons. The van der Waals surface area contributed by atoms with E-state index >= 15 is 0 Å². The predicted octanol–water partition coefficient (Wildman–Crippen LogP) is 2.30. The summed E-state index contributed by atoms with van der Waals surface area (Å²) in [5.41, 5.74) is 0.872. The molecule has 1 aliphatic heterocycles. The summed E-state index contributed by atoms with van der Waals surface area (Å²) in [4.78, 5) is 27.8. The van der Waals surface area contributed by atoms with Crippen LogP contribution in [0.5, 0.6) is 0 Å². The van der Waals surface area contributed by atoms with Crippen molar-refractivity contribution in [3.8, 4) is 0 Å². The average molecular weight is 274 g/mol. The number of hydrogen-bond acceptors (Lipinski definition) is 2. The second-order valence-electron chi connectivity index (χ2n) is 5.33. The zero-order valence-corrected chi connectivity index (χ0v) is 12.2. The lowest BCUT2D eigenvalue weighted by molar-refractivity contribution is -0.128. The molecule has 1 saturated heterocycles. The monoisotopic (exact) mass is 274 g/mol. The van der Waals surface area contributed by atoms with Gasteiger partial charge < -0.3 is 9.80 Å². The largest absolute Gasteiger partial charge is 0.342 e. The molecule has 0 unspecified atom stereocenters. The fourth-order valence-electron chi connectivity index (χ4n) is 2.56. The molecule has 1 fully saturated rings. The van der Waals surface area contributed by atoms with E-state index in [2.05, 4.69) is 6.92 Å². The van der Waals surface area contributed by atoms with Gasteiger partial charge in [-0.3, -0.25) is 9.59 Å². The Kier molecular flexibility index (Phi) is 4.77. The summed E-state index contributed by atoms with van der Waals surface area (Å²) >= 11 is 0. The van der Waals surface area contributed by atoms with Crippen molar-refractivity contribution in [2.24, 2.45) is 5.92 Å². The summed E-state index contributed by atoms with van der Waals surface area (Å²) in [5, 5.41) is 0. The van der Waals surface area contributed by atoms with Crippen LogP contribution < -0.4 is 4.90 Å². The first-order chi connectivity index (χ1) is 9.63. The maximum atomic E-state index is 12.5. The first kappa shape index (κ1) is 14.6. The number of benzene rings is 1. The molecule has 0 aliphatic carbocycles. The van der Waals surface area contributed by atoms with E-state index in [9.17, 15) is 9.59 Å². The van der Waals surface area contributed by atoms with Crippen LogP contribution in [-0.4, -0.2) is 36.9 Å². The smallest absolute Gasteiger partial charge is 0.232 e. The van der Waals surface area contributed by atoms with Gasteiger partial charge in [0, 0.05) is 32.2 Å². The van der Waals surface area contributed by atoms with Gasteiger partial charge in [0.2, 0.25) is 11.8 Å². The number of likely N-dealkylation sites (tertiary alicyclic amines) is 1. The standard InChI is InChI=1S/C16H22N2O2/c1-3-4-10-18-12-13(11-15(18)19)16(20)17(2)14-8-6-5-7-9-14/h5-9,13H,3-4,10-12H2,1-2H3/t13-/m1/s1. The quantitative estimate of drug-likeness (QED) is 0.826. The van der Waals surface area contributed by atoms with E-state index in [-0.39, 0.29) is 17.7 Å². The Balaban J connectivity index is 1.98. The second kappa shape index (κ2) is 6.55. The number of carbonyl (C=O) groups excluding carboxylic acids is 2.